The highest BCUT2D eigenvalue weighted by Crippen LogP contribution is 2.27. The number of aliphatic hydroxyl groups is 1. The lowest BCUT2D eigenvalue weighted by atomic mass is 9.82. The third-order valence-electron chi connectivity index (χ3n) is 3.28. The van der Waals surface area contributed by atoms with Gasteiger partial charge in [0, 0.05) is 18.8 Å². The number of hydrogen-bond acceptors (Lipinski definition) is 3. The number of aliphatic hydroxyl groups excluding tert-OH is 1. The highest BCUT2D eigenvalue weighted by atomic mass is 16.5. The summed E-state index contributed by atoms with van der Waals surface area (Å²) in [4.78, 5) is 0. The Morgan fingerprint density at radius 2 is 2.00 bits per heavy atom. The molecule has 2 N–H and O–H groups in total. The van der Waals surface area contributed by atoms with Crippen molar-refractivity contribution in [3.8, 4) is 0 Å². The summed E-state index contributed by atoms with van der Waals surface area (Å²) in [7, 11) is 0. The lowest BCUT2D eigenvalue weighted by molar-refractivity contribution is 0.110. The Kier molecular flexibility index (Phi) is 6.22. The van der Waals surface area contributed by atoms with E-state index in [-0.39, 0.29) is 12.1 Å². The first kappa shape index (κ1) is 12.9. The van der Waals surface area contributed by atoms with E-state index >= 15 is 0 Å². The first-order valence-electron chi connectivity index (χ1n) is 6.26. The molecule has 3 heteroatoms. The first-order chi connectivity index (χ1) is 7.33. The fraction of sp³-hybridized carbons (Fsp3) is 1.00. The standard InChI is InChI=1S/C12H25NO2/c1-2-15-10-6-9-13-12(11-14)7-4-3-5-8-12/h13-14H,2-11H2,1H3. The summed E-state index contributed by atoms with van der Waals surface area (Å²) in [6.07, 6.45) is 7.10. The minimum absolute atomic E-state index is 0.0183. The topological polar surface area (TPSA) is 41.5 Å². The summed E-state index contributed by atoms with van der Waals surface area (Å²) in [6.45, 7) is 4.88. The van der Waals surface area contributed by atoms with Crippen molar-refractivity contribution < 1.29 is 9.84 Å². The van der Waals surface area contributed by atoms with Gasteiger partial charge in [0.05, 0.1) is 6.61 Å². The molecule has 0 aromatic carbocycles. The van der Waals surface area contributed by atoms with Crippen molar-refractivity contribution in [1.82, 2.24) is 5.32 Å². The molecule has 3 nitrogen and oxygen atoms in total. The van der Waals surface area contributed by atoms with Crippen molar-refractivity contribution in [2.45, 2.75) is 51.0 Å². The molecule has 0 aromatic heterocycles. The van der Waals surface area contributed by atoms with Crippen LogP contribution in [-0.2, 0) is 4.74 Å². The normalized spacial score (nSPS) is 20.4. The lowest BCUT2D eigenvalue weighted by Gasteiger charge is -2.36. The third kappa shape index (κ3) is 4.49. The van der Waals surface area contributed by atoms with Gasteiger partial charge in [0.25, 0.3) is 0 Å². The Morgan fingerprint density at radius 3 is 2.60 bits per heavy atom. The average molecular weight is 215 g/mol. The van der Waals surface area contributed by atoms with Crippen molar-refractivity contribution in [2.75, 3.05) is 26.4 Å². The zero-order valence-electron chi connectivity index (χ0n) is 9.93. The molecule has 0 unspecified atom stereocenters. The maximum atomic E-state index is 9.45. The molecule has 1 saturated carbocycles. The highest BCUT2D eigenvalue weighted by molar-refractivity contribution is 4.89. The average Bonchev–Trinajstić information content (AvgIpc) is 2.30. The van der Waals surface area contributed by atoms with E-state index in [1.165, 1.54) is 19.3 Å². The Labute approximate surface area is 93.2 Å². The van der Waals surface area contributed by atoms with Gasteiger partial charge in [-0.3, -0.25) is 0 Å². The van der Waals surface area contributed by atoms with Gasteiger partial charge in [0.2, 0.25) is 0 Å². The van der Waals surface area contributed by atoms with Crippen LogP contribution in [0.1, 0.15) is 45.4 Å². The second-order valence-electron chi connectivity index (χ2n) is 4.48. The van der Waals surface area contributed by atoms with E-state index in [1.807, 2.05) is 6.92 Å². The van der Waals surface area contributed by atoms with E-state index in [2.05, 4.69) is 5.32 Å². The fourth-order valence-corrected chi connectivity index (χ4v) is 2.29. The van der Waals surface area contributed by atoms with Gasteiger partial charge in [-0.2, -0.15) is 0 Å². The second kappa shape index (κ2) is 7.20. The largest absolute Gasteiger partial charge is 0.394 e. The minimum Gasteiger partial charge on any atom is -0.394 e. The summed E-state index contributed by atoms with van der Waals surface area (Å²) < 4.78 is 5.29. The molecule has 0 aromatic rings. The molecule has 1 rings (SSSR count). The quantitative estimate of drug-likeness (QED) is 0.635. The van der Waals surface area contributed by atoms with Crippen molar-refractivity contribution in [2.24, 2.45) is 0 Å². The molecule has 1 aliphatic carbocycles. The zero-order chi connectivity index (χ0) is 11.0. The zero-order valence-corrected chi connectivity index (χ0v) is 9.93. The van der Waals surface area contributed by atoms with Gasteiger partial charge in [-0.05, 0) is 32.7 Å². The van der Waals surface area contributed by atoms with Gasteiger partial charge >= 0.3 is 0 Å². The number of ether oxygens (including phenoxy) is 1. The third-order valence-corrected chi connectivity index (χ3v) is 3.28. The van der Waals surface area contributed by atoms with Crippen LogP contribution in [0.25, 0.3) is 0 Å². The Morgan fingerprint density at radius 1 is 1.27 bits per heavy atom. The van der Waals surface area contributed by atoms with Crippen LogP contribution < -0.4 is 5.32 Å². The molecule has 0 saturated heterocycles. The Balaban J connectivity index is 2.15. The number of nitrogens with one attached hydrogen (secondary N) is 1. The van der Waals surface area contributed by atoms with Crippen LogP contribution in [0.4, 0.5) is 0 Å². The van der Waals surface area contributed by atoms with Gasteiger partial charge in [0.1, 0.15) is 0 Å². The summed E-state index contributed by atoms with van der Waals surface area (Å²) in [5.41, 5.74) is 0.0183. The molecule has 0 atom stereocenters. The molecular weight excluding hydrogens is 190 g/mol. The lowest BCUT2D eigenvalue weighted by Crippen LogP contribution is -2.50. The van der Waals surface area contributed by atoms with Crippen LogP contribution in [0.5, 0.6) is 0 Å². The molecule has 0 bridgehead atoms. The summed E-state index contributed by atoms with van der Waals surface area (Å²) in [6, 6.07) is 0. The van der Waals surface area contributed by atoms with Crippen LogP contribution in [0.3, 0.4) is 0 Å². The highest BCUT2D eigenvalue weighted by Gasteiger charge is 2.30. The van der Waals surface area contributed by atoms with E-state index in [0.29, 0.717) is 0 Å². The van der Waals surface area contributed by atoms with Gasteiger partial charge in [0.15, 0.2) is 0 Å². The molecule has 15 heavy (non-hydrogen) atoms. The summed E-state index contributed by atoms with van der Waals surface area (Å²) in [5, 5.41) is 13.0. The smallest absolute Gasteiger partial charge is 0.0613 e. The monoisotopic (exact) mass is 215 g/mol. The first-order valence-corrected chi connectivity index (χ1v) is 6.26. The van der Waals surface area contributed by atoms with Crippen LogP contribution in [0.2, 0.25) is 0 Å². The van der Waals surface area contributed by atoms with E-state index in [9.17, 15) is 5.11 Å². The maximum Gasteiger partial charge on any atom is 0.0613 e. The predicted octanol–water partition coefficient (Wildman–Crippen LogP) is 1.70. The summed E-state index contributed by atoms with van der Waals surface area (Å²) in [5.74, 6) is 0. The molecule has 0 heterocycles. The molecule has 0 amide bonds. The molecule has 0 aliphatic heterocycles. The van der Waals surface area contributed by atoms with E-state index < -0.39 is 0 Å². The van der Waals surface area contributed by atoms with Crippen molar-refractivity contribution >= 4 is 0 Å². The van der Waals surface area contributed by atoms with Crippen molar-refractivity contribution in [1.29, 1.82) is 0 Å². The van der Waals surface area contributed by atoms with Crippen LogP contribution >= 0.6 is 0 Å². The molecule has 1 fully saturated rings. The molecule has 0 spiro atoms. The molecule has 0 radical (unpaired) electrons. The van der Waals surface area contributed by atoms with Crippen molar-refractivity contribution in [3.63, 3.8) is 0 Å². The van der Waals surface area contributed by atoms with Crippen LogP contribution in [-0.4, -0.2) is 37.0 Å². The Hall–Kier alpha value is -0.120. The Bertz CT molecular complexity index is 156. The van der Waals surface area contributed by atoms with E-state index in [0.717, 1.165) is 39.0 Å². The van der Waals surface area contributed by atoms with Gasteiger partial charge in [-0.1, -0.05) is 19.3 Å². The van der Waals surface area contributed by atoms with Gasteiger partial charge in [-0.25, -0.2) is 0 Å². The van der Waals surface area contributed by atoms with Gasteiger partial charge < -0.3 is 15.2 Å². The van der Waals surface area contributed by atoms with E-state index in [4.69, 9.17) is 4.74 Å². The number of hydrogen-bond donors (Lipinski definition) is 2. The van der Waals surface area contributed by atoms with E-state index in [1.54, 1.807) is 0 Å². The molecule has 90 valence electrons. The minimum atomic E-state index is 0.0183. The van der Waals surface area contributed by atoms with Crippen LogP contribution in [0.15, 0.2) is 0 Å². The van der Waals surface area contributed by atoms with Gasteiger partial charge in [-0.15, -0.1) is 0 Å². The molecule has 1 aliphatic rings. The maximum absolute atomic E-state index is 9.45. The van der Waals surface area contributed by atoms with Crippen LogP contribution in [0, 0.1) is 0 Å². The number of rotatable bonds is 7. The predicted molar refractivity (Wildman–Crippen MR) is 62.0 cm³/mol. The second-order valence-corrected chi connectivity index (χ2v) is 4.48. The molecular formula is C12H25NO2. The summed E-state index contributed by atoms with van der Waals surface area (Å²) >= 11 is 0. The SMILES string of the molecule is CCOCCCNC1(CO)CCCCC1. The van der Waals surface area contributed by atoms with Crippen molar-refractivity contribution in [3.05, 3.63) is 0 Å². The fourth-order valence-electron chi connectivity index (χ4n) is 2.29.